The number of benzene rings is 1. The Morgan fingerprint density at radius 1 is 1.20 bits per heavy atom. The molecule has 2 rings (SSSR count). The van der Waals surface area contributed by atoms with Crippen LogP contribution in [0.4, 0.5) is 0 Å². The summed E-state index contributed by atoms with van der Waals surface area (Å²) in [5.74, 6) is 0.962. The Balaban J connectivity index is 1.81. The molecule has 0 atom stereocenters. The second-order valence-corrected chi connectivity index (χ2v) is 6.69. The van der Waals surface area contributed by atoms with E-state index in [1.807, 2.05) is 11.8 Å². The Hall–Kier alpha value is -0.840. The van der Waals surface area contributed by atoms with Crippen LogP contribution in [0.3, 0.4) is 0 Å². The van der Waals surface area contributed by atoms with Crippen LogP contribution in [0, 0.1) is 0 Å². The first kappa shape index (κ1) is 15.5. The molecule has 0 spiro atoms. The monoisotopic (exact) mass is 306 g/mol. The Labute approximate surface area is 130 Å². The van der Waals surface area contributed by atoms with Crippen molar-refractivity contribution in [2.45, 2.75) is 43.9 Å². The van der Waals surface area contributed by atoms with E-state index in [9.17, 15) is 0 Å². The molecular formula is C16H22N2S2. The van der Waals surface area contributed by atoms with E-state index in [0.717, 1.165) is 25.3 Å². The molecule has 1 N–H and O–H groups in total. The van der Waals surface area contributed by atoms with Gasteiger partial charge in [0.15, 0.2) is 0 Å². The average Bonchev–Trinajstić information content (AvgIpc) is 2.95. The van der Waals surface area contributed by atoms with Gasteiger partial charge in [-0.05, 0) is 37.1 Å². The molecule has 0 aliphatic rings. The fourth-order valence-corrected chi connectivity index (χ4v) is 3.49. The SMILES string of the molecule is CCCNCc1ccc(SCc2csc(CC)n2)cc1. The maximum Gasteiger partial charge on any atom is 0.0925 e. The van der Waals surface area contributed by atoms with Crippen LogP contribution in [-0.4, -0.2) is 11.5 Å². The maximum atomic E-state index is 4.60. The van der Waals surface area contributed by atoms with Crippen LogP contribution >= 0.6 is 23.1 Å². The summed E-state index contributed by atoms with van der Waals surface area (Å²) in [6.45, 7) is 6.39. The van der Waals surface area contributed by atoms with Gasteiger partial charge in [0.2, 0.25) is 0 Å². The predicted molar refractivity (Wildman–Crippen MR) is 89.5 cm³/mol. The predicted octanol–water partition coefficient (Wildman–Crippen LogP) is 4.50. The van der Waals surface area contributed by atoms with Gasteiger partial charge < -0.3 is 5.32 Å². The topological polar surface area (TPSA) is 24.9 Å². The molecular weight excluding hydrogens is 284 g/mol. The third-order valence-corrected chi connectivity index (χ3v) is 5.06. The fourth-order valence-electron chi connectivity index (χ4n) is 1.85. The molecule has 1 heterocycles. The summed E-state index contributed by atoms with van der Waals surface area (Å²) >= 11 is 3.62. The summed E-state index contributed by atoms with van der Waals surface area (Å²) in [6.07, 6.45) is 2.22. The van der Waals surface area contributed by atoms with Crippen LogP contribution in [0.25, 0.3) is 0 Å². The highest BCUT2D eigenvalue weighted by Gasteiger charge is 2.02. The lowest BCUT2D eigenvalue weighted by molar-refractivity contribution is 0.675. The molecule has 0 saturated carbocycles. The van der Waals surface area contributed by atoms with Crippen molar-refractivity contribution in [1.29, 1.82) is 0 Å². The average molecular weight is 306 g/mol. The number of thioether (sulfide) groups is 1. The van der Waals surface area contributed by atoms with Crippen LogP contribution in [0.2, 0.25) is 0 Å². The van der Waals surface area contributed by atoms with Gasteiger partial charge in [-0.3, -0.25) is 0 Å². The fraction of sp³-hybridized carbons (Fsp3) is 0.438. The van der Waals surface area contributed by atoms with Crippen molar-refractivity contribution in [2.24, 2.45) is 0 Å². The van der Waals surface area contributed by atoms with Gasteiger partial charge in [0.1, 0.15) is 0 Å². The Morgan fingerprint density at radius 2 is 2.00 bits per heavy atom. The molecule has 0 amide bonds. The van der Waals surface area contributed by atoms with E-state index in [2.05, 4.69) is 53.8 Å². The van der Waals surface area contributed by atoms with Gasteiger partial charge in [-0.25, -0.2) is 4.98 Å². The molecule has 0 radical (unpaired) electrons. The molecule has 1 aromatic carbocycles. The molecule has 0 aliphatic carbocycles. The largest absolute Gasteiger partial charge is 0.313 e. The van der Waals surface area contributed by atoms with E-state index in [4.69, 9.17) is 0 Å². The summed E-state index contributed by atoms with van der Waals surface area (Å²) < 4.78 is 0. The van der Waals surface area contributed by atoms with Crippen LogP contribution in [0.5, 0.6) is 0 Å². The number of aromatic nitrogens is 1. The summed E-state index contributed by atoms with van der Waals surface area (Å²) in [7, 11) is 0. The lowest BCUT2D eigenvalue weighted by Gasteiger charge is -2.05. The van der Waals surface area contributed by atoms with Gasteiger partial charge in [-0.2, -0.15) is 0 Å². The minimum atomic E-state index is 0.962. The first-order valence-electron chi connectivity index (χ1n) is 7.17. The molecule has 20 heavy (non-hydrogen) atoms. The minimum Gasteiger partial charge on any atom is -0.313 e. The van der Waals surface area contributed by atoms with E-state index in [1.165, 1.54) is 27.6 Å². The van der Waals surface area contributed by atoms with Crippen LogP contribution in [-0.2, 0) is 18.7 Å². The molecule has 0 bridgehead atoms. The van der Waals surface area contributed by atoms with Crippen molar-refractivity contribution in [3.8, 4) is 0 Å². The van der Waals surface area contributed by atoms with Gasteiger partial charge in [0.05, 0.1) is 10.7 Å². The van der Waals surface area contributed by atoms with Gasteiger partial charge >= 0.3 is 0 Å². The molecule has 0 saturated heterocycles. The third kappa shape index (κ3) is 4.93. The van der Waals surface area contributed by atoms with Crippen molar-refractivity contribution in [1.82, 2.24) is 10.3 Å². The molecule has 0 fully saturated rings. The van der Waals surface area contributed by atoms with Gasteiger partial charge in [0.25, 0.3) is 0 Å². The number of thiazole rings is 1. The molecule has 0 unspecified atom stereocenters. The number of nitrogens with one attached hydrogen (secondary N) is 1. The minimum absolute atomic E-state index is 0.962. The molecule has 1 aromatic heterocycles. The summed E-state index contributed by atoms with van der Waals surface area (Å²) in [6, 6.07) is 8.84. The van der Waals surface area contributed by atoms with Crippen molar-refractivity contribution < 1.29 is 0 Å². The van der Waals surface area contributed by atoms with Crippen molar-refractivity contribution >= 4 is 23.1 Å². The van der Waals surface area contributed by atoms with Crippen molar-refractivity contribution in [2.75, 3.05) is 6.54 Å². The number of hydrogen-bond acceptors (Lipinski definition) is 4. The Kier molecular flexibility index (Phi) is 6.57. The normalized spacial score (nSPS) is 10.9. The molecule has 2 aromatic rings. The van der Waals surface area contributed by atoms with Crippen molar-refractivity contribution in [3.63, 3.8) is 0 Å². The second kappa shape index (κ2) is 8.45. The first-order valence-corrected chi connectivity index (χ1v) is 9.04. The van der Waals surface area contributed by atoms with Crippen molar-refractivity contribution in [3.05, 3.63) is 45.9 Å². The van der Waals surface area contributed by atoms with Gasteiger partial charge in [0, 0.05) is 22.6 Å². The number of aryl methyl sites for hydroxylation is 1. The highest BCUT2D eigenvalue weighted by atomic mass is 32.2. The zero-order valence-corrected chi connectivity index (χ0v) is 13.8. The van der Waals surface area contributed by atoms with Gasteiger partial charge in [-0.15, -0.1) is 23.1 Å². The van der Waals surface area contributed by atoms with Crippen LogP contribution in [0.15, 0.2) is 34.5 Å². The van der Waals surface area contributed by atoms with Gasteiger partial charge in [-0.1, -0.05) is 26.0 Å². The molecule has 0 aliphatic heterocycles. The second-order valence-electron chi connectivity index (χ2n) is 4.70. The standard InChI is InChI=1S/C16H22N2S2/c1-3-9-17-10-13-5-7-15(8-6-13)19-11-14-12-20-16(4-2)18-14/h5-8,12,17H,3-4,9-11H2,1-2H3. The van der Waals surface area contributed by atoms with E-state index >= 15 is 0 Å². The summed E-state index contributed by atoms with van der Waals surface area (Å²) in [5, 5.41) is 6.83. The highest BCUT2D eigenvalue weighted by molar-refractivity contribution is 7.98. The summed E-state index contributed by atoms with van der Waals surface area (Å²) in [4.78, 5) is 5.91. The lowest BCUT2D eigenvalue weighted by Crippen LogP contribution is -2.13. The lowest BCUT2D eigenvalue weighted by atomic mass is 10.2. The molecule has 108 valence electrons. The maximum absolute atomic E-state index is 4.60. The third-order valence-electron chi connectivity index (χ3n) is 2.97. The van der Waals surface area contributed by atoms with E-state index in [1.54, 1.807) is 11.3 Å². The quantitative estimate of drug-likeness (QED) is 0.574. The smallest absolute Gasteiger partial charge is 0.0925 e. The Bertz CT molecular complexity index is 505. The van der Waals surface area contributed by atoms with E-state index in [-0.39, 0.29) is 0 Å². The first-order chi connectivity index (χ1) is 9.81. The number of hydrogen-bond donors (Lipinski definition) is 1. The summed E-state index contributed by atoms with van der Waals surface area (Å²) in [5.41, 5.74) is 2.55. The molecule has 4 heteroatoms. The zero-order chi connectivity index (χ0) is 14.2. The molecule has 2 nitrogen and oxygen atoms in total. The highest BCUT2D eigenvalue weighted by Crippen LogP contribution is 2.24. The van der Waals surface area contributed by atoms with Crippen LogP contribution in [0.1, 0.15) is 36.5 Å². The number of nitrogens with zero attached hydrogens (tertiary/aromatic N) is 1. The number of rotatable bonds is 8. The van der Waals surface area contributed by atoms with Crippen LogP contribution < -0.4 is 5.32 Å². The van der Waals surface area contributed by atoms with E-state index in [0.29, 0.717) is 0 Å². The zero-order valence-electron chi connectivity index (χ0n) is 12.2. The Morgan fingerprint density at radius 3 is 2.65 bits per heavy atom. The van der Waals surface area contributed by atoms with E-state index < -0.39 is 0 Å².